The summed E-state index contributed by atoms with van der Waals surface area (Å²) in [4.78, 5) is 16.2. The maximum Gasteiger partial charge on any atom is 0.343 e. The molecular weight excluding hydrogens is 446 g/mol. The van der Waals surface area contributed by atoms with Crippen molar-refractivity contribution in [2.75, 3.05) is 27.9 Å². The van der Waals surface area contributed by atoms with Crippen LogP contribution in [-0.4, -0.2) is 38.9 Å². The fourth-order valence-corrected chi connectivity index (χ4v) is 3.60. The minimum atomic E-state index is -0.424. The molecular formula is C28H27NO6. The van der Waals surface area contributed by atoms with Gasteiger partial charge >= 0.3 is 5.97 Å². The fraction of sp³-hybridized carbons (Fsp3) is 0.214. The molecule has 0 fully saturated rings. The van der Waals surface area contributed by atoms with Gasteiger partial charge in [0.1, 0.15) is 22.9 Å². The van der Waals surface area contributed by atoms with E-state index in [1.807, 2.05) is 66.7 Å². The van der Waals surface area contributed by atoms with Gasteiger partial charge in [0.25, 0.3) is 0 Å². The second-order valence-electron chi connectivity index (χ2n) is 7.75. The topological polar surface area (TPSA) is 80.0 Å². The van der Waals surface area contributed by atoms with Crippen molar-refractivity contribution < 1.29 is 28.2 Å². The molecule has 7 nitrogen and oxygen atoms in total. The third kappa shape index (κ3) is 6.00. The van der Waals surface area contributed by atoms with E-state index in [0.717, 1.165) is 33.9 Å². The van der Waals surface area contributed by atoms with Crippen LogP contribution >= 0.6 is 0 Å². The summed E-state index contributed by atoms with van der Waals surface area (Å²) in [7, 11) is 4.61. The third-order valence-corrected chi connectivity index (χ3v) is 5.50. The maximum absolute atomic E-state index is 11.3. The second-order valence-corrected chi connectivity index (χ2v) is 7.75. The molecule has 0 aliphatic carbocycles. The Hall–Kier alpha value is -4.26. The van der Waals surface area contributed by atoms with Gasteiger partial charge in [0, 0.05) is 17.5 Å². The first-order chi connectivity index (χ1) is 17.1. The molecule has 0 saturated carbocycles. The Balaban J connectivity index is 1.57. The number of carbonyl (C=O) groups is 1. The van der Waals surface area contributed by atoms with Crippen LogP contribution < -0.4 is 14.2 Å². The van der Waals surface area contributed by atoms with E-state index in [1.165, 1.54) is 7.11 Å². The molecule has 0 atom stereocenters. The van der Waals surface area contributed by atoms with E-state index in [-0.39, 0.29) is 6.61 Å². The molecule has 0 radical (unpaired) electrons. The number of benzene rings is 3. The Morgan fingerprint density at radius 2 is 1.46 bits per heavy atom. The predicted octanol–water partition coefficient (Wildman–Crippen LogP) is 5.36. The van der Waals surface area contributed by atoms with Crippen LogP contribution in [0.15, 0.2) is 77.2 Å². The van der Waals surface area contributed by atoms with Gasteiger partial charge in [-0.05, 0) is 72.6 Å². The number of aryl methyl sites for hydroxylation is 2. The molecule has 0 aliphatic rings. The lowest BCUT2D eigenvalue weighted by molar-refractivity contribution is -0.142. The number of hydrogen-bond donors (Lipinski definition) is 0. The fourth-order valence-electron chi connectivity index (χ4n) is 3.60. The molecule has 0 amide bonds. The van der Waals surface area contributed by atoms with Crippen molar-refractivity contribution >= 4 is 5.97 Å². The smallest absolute Gasteiger partial charge is 0.343 e. The van der Waals surface area contributed by atoms with Crippen molar-refractivity contribution in [2.24, 2.45) is 0 Å². The molecule has 35 heavy (non-hydrogen) atoms. The number of nitrogens with zero attached hydrogens (tertiary/aromatic N) is 1. The zero-order valence-corrected chi connectivity index (χ0v) is 19.9. The lowest BCUT2D eigenvalue weighted by Crippen LogP contribution is -2.12. The van der Waals surface area contributed by atoms with Gasteiger partial charge in [-0.25, -0.2) is 9.78 Å². The van der Waals surface area contributed by atoms with Crippen LogP contribution in [0.25, 0.3) is 22.6 Å². The van der Waals surface area contributed by atoms with Gasteiger partial charge in [-0.2, -0.15) is 0 Å². The Bertz CT molecular complexity index is 1200. The van der Waals surface area contributed by atoms with Crippen LogP contribution in [0, 0.1) is 0 Å². The van der Waals surface area contributed by atoms with Crippen molar-refractivity contribution in [3.05, 3.63) is 84.3 Å². The number of carbonyl (C=O) groups excluding carboxylic acids is 1. The third-order valence-electron chi connectivity index (χ3n) is 5.50. The number of aromatic nitrogens is 1. The number of ether oxygens (including phenoxy) is 4. The zero-order chi connectivity index (χ0) is 24.6. The largest absolute Gasteiger partial charge is 0.497 e. The molecule has 0 N–H and O–H groups in total. The first kappa shape index (κ1) is 23.9. The second kappa shape index (κ2) is 11.2. The average molecular weight is 474 g/mol. The molecule has 7 heteroatoms. The van der Waals surface area contributed by atoms with Crippen molar-refractivity contribution in [1.29, 1.82) is 0 Å². The van der Waals surface area contributed by atoms with Crippen LogP contribution in [0.2, 0.25) is 0 Å². The van der Waals surface area contributed by atoms with E-state index in [1.54, 1.807) is 20.3 Å². The molecule has 0 bridgehead atoms. The first-order valence-corrected chi connectivity index (χ1v) is 11.2. The zero-order valence-electron chi connectivity index (χ0n) is 19.9. The van der Waals surface area contributed by atoms with Crippen LogP contribution in [-0.2, 0) is 22.4 Å². The molecule has 4 rings (SSSR count). The number of hydrogen-bond acceptors (Lipinski definition) is 7. The highest BCUT2D eigenvalue weighted by Crippen LogP contribution is 2.34. The predicted molar refractivity (Wildman–Crippen MR) is 132 cm³/mol. The van der Waals surface area contributed by atoms with E-state index in [9.17, 15) is 4.79 Å². The number of oxazole rings is 1. The minimum absolute atomic E-state index is 0.129. The lowest BCUT2D eigenvalue weighted by Gasteiger charge is -2.06. The summed E-state index contributed by atoms with van der Waals surface area (Å²) in [5.74, 6) is 3.06. The normalized spacial score (nSPS) is 10.6. The van der Waals surface area contributed by atoms with Crippen molar-refractivity contribution in [3.63, 3.8) is 0 Å². The standard InChI is InChI=1S/C28H27NO6/c1-31-22-12-8-20(9-13-22)27-28(21-10-14-23(32-2)15-11-21)35-25(29-27)16-7-19-5-4-6-24(17-19)34-18-26(30)33-3/h4-6,8-15,17H,7,16,18H2,1-3H3. The highest BCUT2D eigenvalue weighted by Gasteiger charge is 2.17. The Kier molecular flexibility index (Phi) is 7.67. The molecule has 0 spiro atoms. The van der Waals surface area contributed by atoms with E-state index in [2.05, 4.69) is 4.74 Å². The Morgan fingerprint density at radius 3 is 2.09 bits per heavy atom. The molecule has 1 heterocycles. The lowest BCUT2D eigenvalue weighted by atomic mass is 10.1. The molecule has 3 aromatic carbocycles. The van der Waals surface area contributed by atoms with Gasteiger partial charge in [-0.15, -0.1) is 0 Å². The summed E-state index contributed by atoms with van der Waals surface area (Å²) in [6, 6.07) is 23.1. The van der Waals surface area contributed by atoms with Gasteiger partial charge in [-0.1, -0.05) is 12.1 Å². The molecule has 180 valence electrons. The Labute approximate surface area is 204 Å². The van der Waals surface area contributed by atoms with E-state index in [0.29, 0.717) is 30.2 Å². The van der Waals surface area contributed by atoms with Crippen LogP contribution in [0.1, 0.15) is 11.5 Å². The maximum atomic E-state index is 11.3. The molecule has 1 aromatic heterocycles. The molecule has 4 aromatic rings. The first-order valence-electron chi connectivity index (χ1n) is 11.2. The van der Waals surface area contributed by atoms with E-state index < -0.39 is 5.97 Å². The molecule has 0 unspecified atom stereocenters. The van der Waals surface area contributed by atoms with Crippen LogP contribution in [0.4, 0.5) is 0 Å². The van der Waals surface area contributed by atoms with Gasteiger partial charge in [-0.3, -0.25) is 0 Å². The van der Waals surface area contributed by atoms with E-state index >= 15 is 0 Å². The van der Waals surface area contributed by atoms with Gasteiger partial charge in [0.2, 0.25) is 0 Å². The number of esters is 1. The van der Waals surface area contributed by atoms with Crippen molar-refractivity contribution in [1.82, 2.24) is 4.98 Å². The number of methoxy groups -OCH3 is 3. The SMILES string of the molecule is COC(=O)COc1cccc(CCc2nc(-c3ccc(OC)cc3)c(-c3ccc(OC)cc3)o2)c1. The van der Waals surface area contributed by atoms with Crippen LogP contribution in [0.3, 0.4) is 0 Å². The summed E-state index contributed by atoms with van der Waals surface area (Å²) in [5, 5.41) is 0. The molecule has 0 aliphatic heterocycles. The average Bonchev–Trinajstić information content (AvgIpc) is 3.35. The summed E-state index contributed by atoms with van der Waals surface area (Å²) >= 11 is 0. The summed E-state index contributed by atoms with van der Waals surface area (Å²) in [5.41, 5.74) is 3.66. The quantitative estimate of drug-likeness (QED) is 0.287. The van der Waals surface area contributed by atoms with Gasteiger partial charge in [0.15, 0.2) is 18.3 Å². The van der Waals surface area contributed by atoms with Crippen molar-refractivity contribution in [3.8, 4) is 39.8 Å². The summed E-state index contributed by atoms with van der Waals surface area (Å²) < 4.78 is 27.0. The summed E-state index contributed by atoms with van der Waals surface area (Å²) in [6.07, 6.45) is 1.29. The highest BCUT2D eigenvalue weighted by atomic mass is 16.6. The van der Waals surface area contributed by atoms with Crippen LogP contribution in [0.5, 0.6) is 17.2 Å². The Morgan fingerprint density at radius 1 is 0.800 bits per heavy atom. The van der Waals surface area contributed by atoms with E-state index in [4.69, 9.17) is 23.6 Å². The number of rotatable bonds is 10. The molecule has 0 saturated heterocycles. The highest BCUT2D eigenvalue weighted by molar-refractivity contribution is 5.77. The summed E-state index contributed by atoms with van der Waals surface area (Å²) in [6.45, 7) is -0.129. The monoisotopic (exact) mass is 473 g/mol. The van der Waals surface area contributed by atoms with Gasteiger partial charge < -0.3 is 23.4 Å². The minimum Gasteiger partial charge on any atom is -0.497 e. The van der Waals surface area contributed by atoms with Gasteiger partial charge in [0.05, 0.1) is 21.3 Å². The van der Waals surface area contributed by atoms with Crippen molar-refractivity contribution in [2.45, 2.75) is 12.8 Å².